The van der Waals surface area contributed by atoms with Gasteiger partial charge in [-0.15, -0.1) is 0 Å². The van der Waals surface area contributed by atoms with Crippen LogP contribution in [0.1, 0.15) is 34.1 Å². The Morgan fingerprint density at radius 2 is 2.12 bits per heavy atom. The number of hydrogen-bond acceptors (Lipinski definition) is 3. The van der Waals surface area contributed by atoms with Crippen LogP contribution >= 0.6 is 0 Å². The van der Waals surface area contributed by atoms with E-state index in [1.54, 1.807) is 0 Å². The molecule has 0 spiro atoms. The van der Waals surface area contributed by atoms with Crippen LogP contribution in [0.4, 0.5) is 0 Å². The van der Waals surface area contributed by atoms with Gasteiger partial charge in [0.25, 0.3) is 10.1 Å². The van der Waals surface area contributed by atoms with Crippen molar-refractivity contribution < 1.29 is 13.0 Å². The summed E-state index contributed by atoms with van der Waals surface area (Å²) in [6, 6.07) is 0. The molecule has 0 amide bonds. The van der Waals surface area contributed by atoms with Crippen molar-refractivity contribution in [3.8, 4) is 0 Å². The molecule has 0 aromatic rings. The van der Waals surface area contributed by atoms with E-state index < -0.39 is 10.1 Å². The second-order valence-electron chi connectivity index (χ2n) is 6.62. The summed E-state index contributed by atoms with van der Waals surface area (Å²) in [5.41, 5.74) is 2.85. The first kappa shape index (κ1) is 20.5. The van der Waals surface area contributed by atoms with E-state index in [-0.39, 0.29) is 11.2 Å². The lowest BCUT2D eigenvalue weighted by Crippen LogP contribution is -2.26. The normalized spacial score (nSPS) is 19.0. The second-order valence-corrected chi connectivity index (χ2v) is 8.19. The Hall–Kier alpha value is -1.59. The van der Waals surface area contributed by atoms with Crippen LogP contribution in [-0.4, -0.2) is 25.3 Å². The van der Waals surface area contributed by atoms with Gasteiger partial charge >= 0.3 is 0 Å². The van der Waals surface area contributed by atoms with Crippen LogP contribution < -0.4 is 5.32 Å². The average molecular weight is 352 g/mol. The summed E-state index contributed by atoms with van der Waals surface area (Å²) in [7, 11) is -3.92. The van der Waals surface area contributed by atoms with Crippen LogP contribution in [0.15, 0.2) is 59.9 Å². The van der Waals surface area contributed by atoms with Gasteiger partial charge in [0.05, 0.1) is 5.75 Å². The Morgan fingerprint density at radius 1 is 1.46 bits per heavy atom. The highest BCUT2D eigenvalue weighted by Gasteiger charge is 2.28. The van der Waals surface area contributed by atoms with Crippen LogP contribution in [0.2, 0.25) is 0 Å². The Labute approximate surface area is 146 Å². The van der Waals surface area contributed by atoms with Gasteiger partial charge in [0.1, 0.15) is 0 Å². The number of nitrogens with one attached hydrogen (secondary N) is 1. The van der Waals surface area contributed by atoms with Crippen molar-refractivity contribution in [3.63, 3.8) is 0 Å². The first-order valence-electron chi connectivity index (χ1n) is 8.20. The molecule has 0 fully saturated rings. The molecule has 1 atom stereocenters. The third-order valence-electron chi connectivity index (χ3n) is 4.14. The highest BCUT2D eigenvalue weighted by Crippen LogP contribution is 2.39. The summed E-state index contributed by atoms with van der Waals surface area (Å²) in [5.74, 6) is 0.0545. The second kappa shape index (κ2) is 8.49. The first-order chi connectivity index (χ1) is 11.1. The highest BCUT2D eigenvalue weighted by molar-refractivity contribution is 7.85. The summed E-state index contributed by atoms with van der Waals surface area (Å²) in [5, 5.41) is 3.31. The largest absolute Gasteiger partial charge is 0.385 e. The van der Waals surface area contributed by atoms with Crippen molar-refractivity contribution in [2.45, 2.75) is 34.1 Å². The molecule has 2 N–H and O–H groups in total. The molecule has 1 aliphatic carbocycles. The topological polar surface area (TPSA) is 66.4 Å². The van der Waals surface area contributed by atoms with E-state index >= 15 is 0 Å². The van der Waals surface area contributed by atoms with Gasteiger partial charge in [-0.1, -0.05) is 57.7 Å². The minimum atomic E-state index is -3.92. The van der Waals surface area contributed by atoms with Gasteiger partial charge in [-0.3, -0.25) is 4.55 Å². The summed E-state index contributed by atoms with van der Waals surface area (Å²) in [6.45, 7) is 13.0. The predicted molar refractivity (Wildman–Crippen MR) is 101 cm³/mol. The molecule has 0 bridgehead atoms. The fourth-order valence-corrected chi connectivity index (χ4v) is 3.09. The van der Waals surface area contributed by atoms with Crippen LogP contribution in [-0.2, 0) is 10.1 Å². The van der Waals surface area contributed by atoms with Crippen molar-refractivity contribution in [2.24, 2.45) is 11.3 Å². The molecule has 1 unspecified atom stereocenters. The third-order valence-corrected chi connectivity index (χ3v) is 4.94. The third kappa shape index (κ3) is 6.13. The van der Waals surface area contributed by atoms with Crippen LogP contribution in [0.5, 0.6) is 0 Å². The maximum Gasteiger partial charge on any atom is 0.264 e. The first-order valence-corrected chi connectivity index (χ1v) is 9.81. The molecular weight excluding hydrogens is 322 g/mol. The minimum Gasteiger partial charge on any atom is -0.385 e. The zero-order valence-corrected chi connectivity index (χ0v) is 15.9. The average Bonchev–Trinajstić information content (AvgIpc) is 2.65. The quantitative estimate of drug-likeness (QED) is 0.394. The summed E-state index contributed by atoms with van der Waals surface area (Å²) < 4.78 is 30.5. The number of allylic oxidation sites excluding steroid dienone is 8. The van der Waals surface area contributed by atoms with E-state index in [0.717, 1.165) is 16.8 Å². The lowest BCUT2D eigenvalue weighted by atomic mass is 9.75. The van der Waals surface area contributed by atoms with Crippen LogP contribution in [0.3, 0.4) is 0 Å². The maximum atomic E-state index is 10.8. The Bertz CT molecular complexity index is 679. The SMILES string of the molecule is C=C(/C=C/C)C(C)(C)C1=CC(C)C=CC=C1NCCCS(=O)(=O)O. The van der Waals surface area contributed by atoms with E-state index in [9.17, 15) is 8.42 Å². The fraction of sp³-hybridized carbons (Fsp3) is 0.474. The van der Waals surface area contributed by atoms with Gasteiger partial charge in [-0.25, -0.2) is 0 Å². The molecule has 0 saturated heterocycles. The smallest absolute Gasteiger partial charge is 0.264 e. The lowest BCUT2D eigenvalue weighted by Gasteiger charge is -2.32. The van der Waals surface area contributed by atoms with Crippen molar-refractivity contribution >= 4 is 10.1 Å². The molecule has 24 heavy (non-hydrogen) atoms. The molecule has 0 heterocycles. The van der Waals surface area contributed by atoms with E-state index in [2.05, 4.69) is 44.8 Å². The van der Waals surface area contributed by atoms with Crippen LogP contribution in [0.25, 0.3) is 0 Å². The Kier molecular flexibility index (Phi) is 7.24. The fourth-order valence-electron chi connectivity index (χ4n) is 2.58. The molecule has 0 aliphatic heterocycles. The van der Waals surface area contributed by atoms with Crippen molar-refractivity contribution in [2.75, 3.05) is 12.3 Å². The van der Waals surface area contributed by atoms with Crippen LogP contribution in [0, 0.1) is 11.3 Å². The molecule has 1 aliphatic rings. The highest BCUT2D eigenvalue weighted by atomic mass is 32.2. The van der Waals surface area contributed by atoms with E-state index in [4.69, 9.17) is 4.55 Å². The number of rotatable bonds is 8. The zero-order valence-electron chi connectivity index (χ0n) is 15.0. The molecule has 0 saturated carbocycles. The van der Waals surface area contributed by atoms with Gasteiger partial charge in [-0.05, 0) is 36.5 Å². The summed E-state index contributed by atoms with van der Waals surface area (Å²) in [4.78, 5) is 0. The molecule has 4 nitrogen and oxygen atoms in total. The van der Waals surface area contributed by atoms with Crippen molar-refractivity contribution in [1.29, 1.82) is 0 Å². The summed E-state index contributed by atoms with van der Waals surface area (Å²) >= 11 is 0. The molecular formula is C19H29NO3S. The zero-order chi connectivity index (χ0) is 18.4. The standard InChI is InChI=1S/C19H29NO3S/c1-6-9-16(3)19(4,5)17-14-15(2)10-7-11-18(17)20-12-8-13-24(21,22)23/h6-7,9-11,14-15,20H,3,8,12-13H2,1-2,4-5H3,(H,21,22,23)/b9-6+. The van der Waals surface area contributed by atoms with Crippen molar-refractivity contribution in [3.05, 3.63) is 59.9 Å². The van der Waals surface area contributed by atoms with Gasteiger partial charge in [0, 0.05) is 17.7 Å². The predicted octanol–water partition coefficient (Wildman–Crippen LogP) is 4.03. The van der Waals surface area contributed by atoms with Gasteiger partial charge in [0.15, 0.2) is 0 Å². The van der Waals surface area contributed by atoms with Gasteiger partial charge < -0.3 is 5.32 Å². The molecule has 0 aromatic heterocycles. The van der Waals surface area contributed by atoms with E-state index in [1.165, 1.54) is 0 Å². The maximum absolute atomic E-state index is 10.8. The summed E-state index contributed by atoms with van der Waals surface area (Å²) in [6.07, 6.45) is 12.7. The van der Waals surface area contributed by atoms with Gasteiger partial charge in [0.2, 0.25) is 0 Å². The Morgan fingerprint density at radius 3 is 2.71 bits per heavy atom. The molecule has 0 aromatic carbocycles. The van der Waals surface area contributed by atoms with E-state index in [0.29, 0.717) is 18.9 Å². The molecule has 134 valence electrons. The Balaban J connectivity index is 2.98. The van der Waals surface area contributed by atoms with E-state index in [1.807, 2.05) is 31.2 Å². The lowest BCUT2D eigenvalue weighted by molar-refractivity contribution is 0.480. The van der Waals surface area contributed by atoms with Gasteiger partial charge in [-0.2, -0.15) is 8.42 Å². The number of hydrogen-bond donors (Lipinski definition) is 2. The van der Waals surface area contributed by atoms with Crippen molar-refractivity contribution in [1.82, 2.24) is 5.32 Å². The molecule has 0 radical (unpaired) electrons. The molecule has 1 rings (SSSR count). The molecule has 5 heteroatoms. The monoisotopic (exact) mass is 351 g/mol. The minimum absolute atomic E-state index is 0.243.